The molecule has 0 saturated heterocycles. The molecule has 0 spiro atoms. The second kappa shape index (κ2) is 3.75. The Morgan fingerprint density at radius 3 is 2.67 bits per heavy atom. The van der Waals surface area contributed by atoms with Crippen LogP contribution in [0.3, 0.4) is 0 Å². The first-order valence-electron chi connectivity index (χ1n) is 4.56. The van der Waals surface area contributed by atoms with Gasteiger partial charge in [-0.1, -0.05) is 0 Å². The Morgan fingerprint density at radius 2 is 2.08 bits per heavy atom. The van der Waals surface area contributed by atoms with E-state index in [4.69, 9.17) is 11.3 Å². The topological polar surface area (TPSA) is 86.2 Å². The molecule has 0 saturated carbocycles. The SMILES string of the molecule is Cl.[2H]c1c(N)ccc(S(=O)(=O)N([2H])[2H])c1[2H]. The lowest BCUT2D eigenvalue weighted by Crippen LogP contribution is -2.11. The van der Waals surface area contributed by atoms with Gasteiger partial charge in [0.25, 0.3) is 0 Å². The van der Waals surface area contributed by atoms with Gasteiger partial charge in [0.1, 0.15) is 2.82 Å². The smallest absolute Gasteiger partial charge is 0.238 e. The quantitative estimate of drug-likeness (QED) is 0.693. The second-order valence-corrected chi connectivity index (χ2v) is 3.27. The number of sulfonamides is 1. The Balaban J connectivity index is 0.00000225. The molecule has 0 amide bonds. The van der Waals surface area contributed by atoms with E-state index in [9.17, 15) is 8.42 Å². The molecule has 0 heterocycles. The summed E-state index contributed by atoms with van der Waals surface area (Å²) in [6.07, 6.45) is 0. The first-order chi connectivity index (χ1) is 6.78. The van der Waals surface area contributed by atoms with E-state index in [1.165, 1.54) is 0 Å². The van der Waals surface area contributed by atoms with Crippen LogP contribution in [0.2, 0.25) is 2.82 Å². The van der Waals surface area contributed by atoms with Gasteiger partial charge in [0.15, 0.2) is 0 Å². The van der Waals surface area contributed by atoms with Crippen LogP contribution in [0.5, 0.6) is 0 Å². The summed E-state index contributed by atoms with van der Waals surface area (Å²) in [5, 5.41) is -0.504. The molecule has 68 valence electrons. The molecule has 0 unspecified atom stereocenters. The summed E-state index contributed by atoms with van der Waals surface area (Å²) >= 11 is 0. The van der Waals surface area contributed by atoms with Crippen LogP contribution < -0.4 is 10.9 Å². The van der Waals surface area contributed by atoms with E-state index in [-0.39, 0.29) is 18.1 Å². The van der Waals surface area contributed by atoms with E-state index in [2.05, 4.69) is 0 Å². The number of nitrogens with two attached hydrogens (primary N) is 2. The fourth-order valence-electron chi connectivity index (χ4n) is 0.533. The molecule has 1 rings (SSSR count). The third-order valence-corrected chi connectivity index (χ3v) is 1.82. The van der Waals surface area contributed by atoms with E-state index >= 15 is 0 Å². The van der Waals surface area contributed by atoms with E-state index in [1.807, 2.05) is 0 Å². The van der Waals surface area contributed by atoms with Crippen LogP contribution in [0.15, 0.2) is 29.1 Å². The molecule has 0 fully saturated rings. The highest BCUT2D eigenvalue weighted by Gasteiger charge is 2.04. The average molecular weight is 213 g/mol. The maximum absolute atomic E-state index is 11.3. The Hall–Kier alpha value is -0.780. The van der Waals surface area contributed by atoms with Gasteiger partial charge in [-0.05, 0) is 24.2 Å². The molecule has 0 aliphatic rings. The minimum absolute atomic E-state index is 0. The largest absolute Gasteiger partial charge is 0.399 e. The monoisotopic (exact) mass is 212 g/mol. The molecule has 0 bridgehead atoms. The van der Waals surface area contributed by atoms with Gasteiger partial charge in [0, 0.05) is 5.69 Å². The van der Waals surface area contributed by atoms with Gasteiger partial charge in [-0.2, -0.15) is 0 Å². The van der Waals surface area contributed by atoms with Crippen molar-refractivity contribution in [3.8, 4) is 0 Å². The highest BCUT2D eigenvalue weighted by atomic mass is 35.5. The lowest BCUT2D eigenvalue weighted by Gasteiger charge is -1.96. The van der Waals surface area contributed by atoms with Gasteiger partial charge in [0.2, 0.25) is 10.0 Å². The molecule has 0 atom stereocenters. The molecule has 1 aromatic rings. The number of primary sulfonamides is 1. The summed E-state index contributed by atoms with van der Waals surface area (Å²) in [4.78, 5) is -0.577. The van der Waals surface area contributed by atoms with E-state index < -0.39 is 32.1 Å². The lowest BCUT2D eigenvalue weighted by molar-refractivity contribution is 0.598. The number of halogens is 1. The normalized spacial score (nSPS) is 15.4. The first kappa shape index (κ1) is 5.80. The van der Waals surface area contributed by atoms with E-state index in [0.717, 1.165) is 12.1 Å². The Bertz CT molecular complexity index is 494. The number of anilines is 1. The molecule has 0 aliphatic heterocycles. The van der Waals surface area contributed by atoms with Crippen molar-refractivity contribution in [3.05, 3.63) is 24.2 Å². The van der Waals surface area contributed by atoms with E-state index in [1.54, 1.807) is 0 Å². The van der Waals surface area contributed by atoms with Crippen molar-refractivity contribution in [1.29, 1.82) is 0 Å². The van der Waals surface area contributed by atoms with Crippen LogP contribution in [0.1, 0.15) is 2.74 Å². The van der Waals surface area contributed by atoms with E-state index in [0.29, 0.717) is 0 Å². The Morgan fingerprint density at radius 1 is 1.42 bits per heavy atom. The number of hydrogen-bond acceptors (Lipinski definition) is 3. The molecule has 4 N–H and O–H groups in total. The summed E-state index contributed by atoms with van der Waals surface area (Å²) in [6.45, 7) is 0. The summed E-state index contributed by atoms with van der Waals surface area (Å²) in [6, 6.07) is 1.11. The van der Waals surface area contributed by atoms with Crippen molar-refractivity contribution in [2.24, 2.45) is 5.13 Å². The van der Waals surface area contributed by atoms with Gasteiger partial charge >= 0.3 is 0 Å². The zero-order chi connectivity index (χ0) is 11.8. The van der Waals surface area contributed by atoms with Crippen LogP contribution in [0.25, 0.3) is 0 Å². The number of benzene rings is 1. The third kappa shape index (κ3) is 2.69. The van der Waals surface area contributed by atoms with Crippen LogP contribution in [0, 0.1) is 0 Å². The summed E-state index contributed by atoms with van der Waals surface area (Å²) in [7, 11) is -4.34. The van der Waals surface area contributed by atoms with Crippen molar-refractivity contribution in [3.63, 3.8) is 0 Å². The molecular weight excluding hydrogens is 200 g/mol. The highest BCUT2D eigenvalue weighted by molar-refractivity contribution is 7.89. The average Bonchev–Trinajstić information content (AvgIpc) is 2.13. The molecule has 0 aliphatic carbocycles. The van der Waals surface area contributed by atoms with Gasteiger partial charge in [-0.3, -0.25) is 0 Å². The number of nitrogen functional groups attached to an aromatic ring is 1. The van der Waals surface area contributed by atoms with Crippen LogP contribution in [-0.2, 0) is 10.0 Å². The Labute approximate surface area is 82.8 Å². The summed E-state index contributed by atoms with van der Waals surface area (Å²) < 4.78 is 50.6. The van der Waals surface area contributed by atoms with Crippen molar-refractivity contribution in [2.75, 3.05) is 5.73 Å². The van der Waals surface area contributed by atoms with Crippen molar-refractivity contribution < 1.29 is 14.0 Å². The van der Waals surface area contributed by atoms with Gasteiger partial charge < -0.3 is 5.73 Å². The van der Waals surface area contributed by atoms with Crippen LogP contribution in [-0.4, -0.2) is 8.42 Å². The predicted molar refractivity (Wildman–Crippen MR) is 49.5 cm³/mol. The van der Waals surface area contributed by atoms with Gasteiger partial charge in [0.05, 0.1) is 7.64 Å². The molecule has 0 aromatic heterocycles. The standard InChI is InChI=1S/C6H8N2O2S.ClH/c7-5-1-3-6(4-2-5)11(8,9)10;/h1-4H,7H2,(H2,8,9,10);1H/i1D,3D;/hD2. The van der Waals surface area contributed by atoms with Crippen LogP contribution in [0.4, 0.5) is 5.69 Å². The molecule has 6 heteroatoms. The fourth-order valence-corrected chi connectivity index (χ4v) is 0.953. The first-order valence-corrected chi connectivity index (χ1v) is 4.11. The Kier molecular flexibility index (Phi) is 1.81. The minimum atomic E-state index is -4.34. The third-order valence-electron chi connectivity index (χ3n) is 1.02. The fraction of sp³-hybridized carbons (Fsp3) is 0. The maximum atomic E-state index is 11.3. The molecule has 4 nitrogen and oxygen atoms in total. The molecule has 1 aromatic carbocycles. The summed E-state index contributed by atoms with van der Waals surface area (Å²) in [5.74, 6) is 0. The number of rotatable bonds is 2. The highest BCUT2D eigenvalue weighted by Crippen LogP contribution is 2.08. The minimum Gasteiger partial charge on any atom is -0.399 e. The van der Waals surface area contributed by atoms with Crippen molar-refractivity contribution in [2.45, 2.75) is 4.90 Å². The predicted octanol–water partition coefficient (Wildman–Crippen LogP) is 0.338. The summed E-state index contributed by atoms with van der Waals surface area (Å²) in [5.41, 5.74) is 5.27. The molecular formula is C6H9ClN2O2S. The van der Waals surface area contributed by atoms with Gasteiger partial charge in [-0.25, -0.2) is 13.5 Å². The number of hydrogen-bond donors (Lipinski definition) is 2. The van der Waals surface area contributed by atoms with Crippen LogP contribution >= 0.6 is 12.4 Å². The second-order valence-electron chi connectivity index (χ2n) is 1.88. The lowest BCUT2D eigenvalue weighted by atomic mass is 10.3. The molecule has 0 radical (unpaired) electrons. The van der Waals surface area contributed by atoms with Crippen molar-refractivity contribution in [1.82, 2.24) is 0 Å². The zero-order valence-electron chi connectivity index (χ0n) is 9.81. The van der Waals surface area contributed by atoms with Crippen molar-refractivity contribution >= 4 is 28.1 Å². The zero-order valence-corrected chi connectivity index (χ0v) is 7.45. The van der Waals surface area contributed by atoms with Gasteiger partial charge in [-0.15, -0.1) is 12.4 Å². The maximum Gasteiger partial charge on any atom is 0.238 e. The molecule has 12 heavy (non-hydrogen) atoms.